The van der Waals surface area contributed by atoms with Gasteiger partial charge in [0.25, 0.3) is 0 Å². The first-order chi connectivity index (χ1) is 11.0. The molecule has 2 N–H and O–H groups in total. The van der Waals surface area contributed by atoms with Crippen LogP contribution >= 0.6 is 0 Å². The van der Waals surface area contributed by atoms with Crippen LogP contribution in [0.1, 0.15) is 19.3 Å². The Hall–Kier alpha value is -2.28. The van der Waals surface area contributed by atoms with Crippen molar-refractivity contribution >= 4 is 17.7 Å². The maximum absolute atomic E-state index is 12.0. The first-order valence-corrected chi connectivity index (χ1v) is 7.63. The maximum Gasteiger partial charge on any atom is 0.321 e. The average Bonchev–Trinajstić information content (AvgIpc) is 3.04. The Morgan fingerprint density at radius 1 is 1.48 bits per heavy atom. The molecule has 2 rings (SSSR count). The van der Waals surface area contributed by atoms with Gasteiger partial charge < -0.3 is 24.8 Å². The number of nitrogens with zero attached hydrogens (tertiary/aromatic N) is 1. The number of hydrogen-bond donors (Lipinski definition) is 2. The van der Waals surface area contributed by atoms with Gasteiger partial charge in [0.1, 0.15) is 12.4 Å². The van der Waals surface area contributed by atoms with Crippen molar-refractivity contribution < 1.29 is 24.2 Å². The number of rotatable bonds is 7. The van der Waals surface area contributed by atoms with E-state index in [4.69, 9.17) is 14.6 Å². The van der Waals surface area contributed by atoms with E-state index in [1.807, 2.05) is 6.07 Å². The van der Waals surface area contributed by atoms with Gasteiger partial charge in [-0.25, -0.2) is 4.79 Å². The molecule has 0 aliphatic carbocycles. The summed E-state index contributed by atoms with van der Waals surface area (Å²) in [5, 5.41) is 11.4. The van der Waals surface area contributed by atoms with Crippen LogP contribution in [0, 0.1) is 0 Å². The van der Waals surface area contributed by atoms with Gasteiger partial charge in [0, 0.05) is 32.0 Å². The Balaban J connectivity index is 1.83. The van der Waals surface area contributed by atoms with Crippen LogP contribution in [-0.2, 0) is 9.53 Å². The third-order valence-electron chi connectivity index (χ3n) is 3.55. The first kappa shape index (κ1) is 17.1. The van der Waals surface area contributed by atoms with Crippen LogP contribution in [0.25, 0.3) is 0 Å². The van der Waals surface area contributed by atoms with Gasteiger partial charge in [-0.05, 0) is 25.0 Å². The fourth-order valence-electron chi connectivity index (χ4n) is 2.21. The smallest absolute Gasteiger partial charge is 0.321 e. The normalized spacial score (nSPS) is 16.8. The summed E-state index contributed by atoms with van der Waals surface area (Å²) in [5.41, 5.74) is 0.599. The molecule has 1 fully saturated rings. The molecule has 1 atom stereocenters. The quantitative estimate of drug-likeness (QED) is 0.803. The molecule has 0 aromatic heterocycles. The van der Waals surface area contributed by atoms with Crippen molar-refractivity contribution in [3.63, 3.8) is 0 Å². The maximum atomic E-state index is 12.0. The fourth-order valence-corrected chi connectivity index (χ4v) is 2.21. The molecule has 1 aliphatic heterocycles. The number of carboxylic acids is 1. The van der Waals surface area contributed by atoms with Gasteiger partial charge in [0.2, 0.25) is 0 Å². The van der Waals surface area contributed by atoms with Gasteiger partial charge >= 0.3 is 12.0 Å². The fraction of sp³-hybridized carbons (Fsp3) is 0.500. The second-order valence-electron chi connectivity index (χ2n) is 5.47. The third kappa shape index (κ3) is 5.78. The molecule has 0 spiro atoms. The summed E-state index contributed by atoms with van der Waals surface area (Å²) >= 11 is 0. The Morgan fingerprint density at radius 2 is 2.30 bits per heavy atom. The number of carboxylic acid groups (broad SMARTS) is 1. The van der Waals surface area contributed by atoms with E-state index in [0.29, 0.717) is 18.0 Å². The SMILES string of the molecule is CN(CCC(=O)O)C(=O)Nc1cccc(OCC2CCCO2)c1. The molecule has 7 nitrogen and oxygen atoms in total. The van der Waals surface area contributed by atoms with E-state index in [2.05, 4.69) is 5.32 Å². The third-order valence-corrected chi connectivity index (χ3v) is 3.55. The van der Waals surface area contributed by atoms with Crippen molar-refractivity contribution in [2.75, 3.05) is 32.1 Å². The molecule has 1 aromatic carbocycles. The molecule has 0 radical (unpaired) electrons. The summed E-state index contributed by atoms with van der Waals surface area (Å²) in [6.45, 7) is 1.43. The number of ether oxygens (including phenoxy) is 2. The minimum Gasteiger partial charge on any atom is -0.491 e. The Labute approximate surface area is 135 Å². The number of carbonyl (C=O) groups is 2. The number of carbonyl (C=O) groups excluding carboxylic acids is 1. The van der Waals surface area contributed by atoms with Crippen molar-refractivity contribution in [3.8, 4) is 5.75 Å². The number of aliphatic carboxylic acids is 1. The van der Waals surface area contributed by atoms with Crippen molar-refractivity contribution in [1.29, 1.82) is 0 Å². The molecule has 1 heterocycles. The van der Waals surface area contributed by atoms with Gasteiger partial charge in [0.05, 0.1) is 12.5 Å². The minimum atomic E-state index is -0.936. The monoisotopic (exact) mass is 322 g/mol. The highest BCUT2D eigenvalue weighted by atomic mass is 16.5. The topological polar surface area (TPSA) is 88.1 Å². The van der Waals surface area contributed by atoms with Crippen molar-refractivity contribution in [2.24, 2.45) is 0 Å². The highest BCUT2D eigenvalue weighted by Gasteiger charge is 2.16. The summed E-state index contributed by atoms with van der Waals surface area (Å²) < 4.78 is 11.2. The summed E-state index contributed by atoms with van der Waals surface area (Å²) in [6.07, 6.45) is 2.11. The lowest BCUT2D eigenvalue weighted by atomic mass is 10.2. The number of anilines is 1. The van der Waals surface area contributed by atoms with Gasteiger partial charge in [-0.2, -0.15) is 0 Å². The zero-order valence-electron chi connectivity index (χ0n) is 13.2. The number of benzene rings is 1. The summed E-state index contributed by atoms with van der Waals surface area (Å²) in [7, 11) is 1.55. The van der Waals surface area contributed by atoms with E-state index in [-0.39, 0.29) is 25.1 Å². The zero-order valence-corrected chi connectivity index (χ0v) is 13.2. The lowest BCUT2D eigenvalue weighted by molar-refractivity contribution is -0.137. The molecule has 1 aliphatic rings. The molecule has 1 unspecified atom stereocenters. The molecule has 0 saturated carbocycles. The summed E-state index contributed by atoms with van der Waals surface area (Å²) in [6, 6.07) is 6.73. The van der Waals surface area contributed by atoms with Gasteiger partial charge in [-0.1, -0.05) is 6.07 Å². The van der Waals surface area contributed by atoms with E-state index in [0.717, 1.165) is 19.4 Å². The number of nitrogens with one attached hydrogen (secondary N) is 1. The Morgan fingerprint density at radius 3 is 3.00 bits per heavy atom. The Bertz CT molecular complexity index is 543. The van der Waals surface area contributed by atoms with Crippen LogP contribution in [0.15, 0.2) is 24.3 Å². The number of urea groups is 1. The van der Waals surface area contributed by atoms with Gasteiger partial charge in [0.15, 0.2) is 0 Å². The molecular formula is C16H22N2O5. The number of amides is 2. The Kier molecular flexibility index (Phi) is 6.22. The van der Waals surface area contributed by atoms with E-state index in [1.165, 1.54) is 4.90 Å². The van der Waals surface area contributed by atoms with E-state index < -0.39 is 5.97 Å². The first-order valence-electron chi connectivity index (χ1n) is 7.63. The van der Waals surface area contributed by atoms with Crippen LogP contribution < -0.4 is 10.1 Å². The molecule has 1 saturated heterocycles. The predicted octanol–water partition coefficient (Wildman–Crippen LogP) is 2.18. The molecule has 7 heteroatoms. The molecular weight excluding hydrogens is 300 g/mol. The lowest BCUT2D eigenvalue weighted by Gasteiger charge is -2.17. The van der Waals surface area contributed by atoms with Crippen molar-refractivity contribution in [1.82, 2.24) is 4.90 Å². The number of hydrogen-bond acceptors (Lipinski definition) is 4. The largest absolute Gasteiger partial charge is 0.491 e. The van der Waals surface area contributed by atoms with Crippen LogP contribution in [-0.4, -0.2) is 54.9 Å². The molecule has 23 heavy (non-hydrogen) atoms. The zero-order chi connectivity index (χ0) is 16.7. The highest BCUT2D eigenvalue weighted by Crippen LogP contribution is 2.20. The van der Waals surface area contributed by atoms with Gasteiger partial charge in [-0.15, -0.1) is 0 Å². The van der Waals surface area contributed by atoms with Gasteiger partial charge in [-0.3, -0.25) is 4.79 Å². The second kappa shape index (κ2) is 8.38. The van der Waals surface area contributed by atoms with Crippen LogP contribution in [0.3, 0.4) is 0 Å². The second-order valence-corrected chi connectivity index (χ2v) is 5.47. The van der Waals surface area contributed by atoms with Crippen molar-refractivity contribution in [2.45, 2.75) is 25.4 Å². The summed E-state index contributed by atoms with van der Waals surface area (Å²) in [4.78, 5) is 23.8. The minimum absolute atomic E-state index is 0.0888. The summed E-state index contributed by atoms with van der Waals surface area (Å²) in [5.74, 6) is -0.277. The standard InChI is InChI=1S/C16H22N2O5/c1-18(8-7-15(19)20)16(21)17-12-4-2-5-13(10-12)23-11-14-6-3-9-22-14/h2,4-5,10,14H,3,6-9,11H2,1H3,(H,17,21)(H,19,20). The predicted molar refractivity (Wildman–Crippen MR) is 84.8 cm³/mol. The molecule has 0 bridgehead atoms. The van der Waals surface area contributed by atoms with Crippen LogP contribution in [0.4, 0.5) is 10.5 Å². The van der Waals surface area contributed by atoms with Crippen molar-refractivity contribution in [3.05, 3.63) is 24.3 Å². The molecule has 2 amide bonds. The van der Waals surface area contributed by atoms with E-state index in [1.54, 1.807) is 25.2 Å². The molecule has 1 aromatic rings. The average molecular weight is 322 g/mol. The van der Waals surface area contributed by atoms with Crippen LogP contribution in [0.2, 0.25) is 0 Å². The highest BCUT2D eigenvalue weighted by molar-refractivity contribution is 5.89. The van der Waals surface area contributed by atoms with E-state index in [9.17, 15) is 9.59 Å². The van der Waals surface area contributed by atoms with Crippen LogP contribution in [0.5, 0.6) is 5.75 Å². The van der Waals surface area contributed by atoms with E-state index >= 15 is 0 Å². The molecule has 126 valence electrons. The lowest BCUT2D eigenvalue weighted by Crippen LogP contribution is -2.33.